The van der Waals surface area contributed by atoms with Crippen molar-refractivity contribution >= 4 is 29.6 Å². The maximum absolute atomic E-state index is 12.8. The van der Waals surface area contributed by atoms with E-state index in [1.807, 2.05) is 30.3 Å². The fourth-order valence-corrected chi connectivity index (χ4v) is 2.48. The van der Waals surface area contributed by atoms with Gasteiger partial charge in [-0.25, -0.2) is 4.79 Å². The highest BCUT2D eigenvalue weighted by Gasteiger charge is 2.33. The first-order valence-electron chi connectivity index (χ1n) is 8.28. The van der Waals surface area contributed by atoms with E-state index in [9.17, 15) is 22.8 Å². The molecular weight excluding hydrogens is 395 g/mol. The van der Waals surface area contributed by atoms with Gasteiger partial charge in [-0.15, -0.1) is 0 Å². The lowest BCUT2D eigenvalue weighted by molar-refractivity contribution is -0.143. The number of rotatable bonds is 7. The van der Waals surface area contributed by atoms with Crippen LogP contribution < -0.4 is 5.32 Å². The number of benzene rings is 2. The van der Waals surface area contributed by atoms with Crippen LogP contribution in [0.5, 0.6) is 0 Å². The molecule has 0 fully saturated rings. The average Bonchev–Trinajstić information content (AvgIpc) is 2.65. The summed E-state index contributed by atoms with van der Waals surface area (Å²) >= 11 is 5.53. The predicted octanol–water partition coefficient (Wildman–Crippen LogP) is 4.27. The van der Waals surface area contributed by atoms with E-state index in [1.165, 1.54) is 6.07 Å². The van der Waals surface area contributed by atoms with Crippen LogP contribution in [0, 0.1) is 0 Å². The highest BCUT2D eigenvalue weighted by molar-refractivity contribution is 6.31. The first kappa shape index (κ1) is 21.5. The summed E-state index contributed by atoms with van der Waals surface area (Å²) in [5, 5.41) is 2.18. The first-order chi connectivity index (χ1) is 13.3. The highest BCUT2D eigenvalue weighted by Crippen LogP contribution is 2.35. The normalized spacial score (nSPS) is 11.4. The molecule has 0 aliphatic rings. The number of hydrogen-bond donors (Lipinski definition) is 1. The Labute approximate surface area is 165 Å². The van der Waals surface area contributed by atoms with Crippen LogP contribution in [-0.4, -0.2) is 25.0 Å². The molecule has 4 nitrogen and oxygen atoms in total. The zero-order chi connectivity index (χ0) is 20.6. The first-order valence-corrected chi connectivity index (χ1v) is 8.66. The molecular formula is C20H17ClF3NO3. The largest absolute Gasteiger partial charge is 0.452 e. The van der Waals surface area contributed by atoms with Crippen molar-refractivity contribution in [3.63, 3.8) is 0 Å². The minimum Gasteiger partial charge on any atom is -0.452 e. The number of nitrogens with one attached hydrogen (secondary N) is 1. The number of halogens is 4. The van der Waals surface area contributed by atoms with Gasteiger partial charge in [0.15, 0.2) is 6.61 Å². The van der Waals surface area contributed by atoms with E-state index in [0.717, 1.165) is 29.8 Å². The van der Waals surface area contributed by atoms with Crippen molar-refractivity contribution in [3.05, 3.63) is 76.3 Å². The van der Waals surface area contributed by atoms with Gasteiger partial charge < -0.3 is 10.1 Å². The third kappa shape index (κ3) is 7.08. The molecule has 0 saturated carbocycles. The summed E-state index contributed by atoms with van der Waals surface area (Å²) in [6, 6.07) is 12.8. The smallest absolute Gasteiger partial charge is 0.417 e. The minimum absolute atomic E-state index is 0.126. The van der Waals surface area contributed by atoms with Gasteiger partial charge in [0.05, 0.1) is 10.6 Å². The Kier molecular flexibility index (Phi) is 7.63. The predicted molar refractivity (Wildman–Crippen MR) is 99.6 cm³/mol. The summed E-state index contributed by atoms with van der Waals surface area (Å²) in [4.78, 5) is 23.3. The molecule has 0 spiro atoms. The van der Waals surface area contributed by atoms with E-state index in [4.69, 9.17) is 16.3 Å². The molecule has 28 heavy (non-hydrogen) atoms. The molecule has 1 amide bonds. The number of carbonyl (C=O) groups is 2. The Morgan fingerprint density at radius 3 is 2.50 bits per heavy atom. The van der Waals surface area contributed by atoms with Crippen LogP contribution in [0.1, 0.15) is 16.7 Å². The summed E-state index contributed by atoms with van der Waals surface area (Å²) in [5.74, 6) is -1.31. The van der Waals surface area contributed by atoms with Gasteiger partial charge in [0.2, 0.25) is 0 Å². The lowest BCUT2D eigenvalue weighted by atomic mass is 10.1. The standard InChI is InChI=1S/C20H17ClF3NO3/c21-17-8-6-15(12-16(17)20(22,23)24)7-9-19(27)28-13-18(26)25-11-10-14-4-2-1-3-5-14/h1-9,12H,10-11,13H2,(H,25,26)/b9-7+. The van der Waals surface area contributed by atoms with Crippen LogP contribution in [-0.2, 0) is 26.9 Å². The Bertz CT molecular complexity index is 852. The van der Waals surface area contributed by atoms with E-state index in [-0.39, 0.29) is 5.56 Å². The maximum atomic E-state index is 12.8. The number of esters is 1. The molecule has 0 aliphatic carbocycles. The molecule has 0 bridgehead atoms. The third-order valence-electron chi connectivity index (χ3n) is 3.63. The molecule has 0 saturated heterocycles. The van der Waals surface area contributed by atoms with Crippen molar-refractivity contribution in [1.29, 1.82) is 0 Å². The van der Waals surface area contributed by atoms with Crippen LogP contribution in [0.3, 0.4) is 0 Å². The zero-order valence-corrected chi connectivity index (χ0v) is 15.4. The van der Waals surface area contributed by atoms with Crippen LogP contribution >= 0.6 is 11.6 Å². The monoisotopic (exact) mass is 411 g/mol. The molecule has 0 aromatic heterocycles. The van der Waals surface area contributed by atoms with Gasteiger partial charge in [-0.05, 0) is 35.8 Å². The van der Waals surface area contributed by atoms with E-state index in [0.29, 0.717) is 13.0 Å². The Balaban J connectivity index is 1.78. The second-order valence-corrected chi connectivity index (χ2v) is 6.17. The Morgan fingerprint density at radius 1 is 1.11 bits per heavy atom. The van der Waals surface area contributed by atoms with Crippen molar-refractivity contribution in [2.24, 2.45) is 0 Å². The quantitative estimate of drug-likeness (QED) is 0.546. The number of amides is 1. The molecule has 8 heteroatoms. The van der Waals surface area contributed by atoms with Crippen molar-refractivity contribution in [2.75, 3.05) is 13.2 Å². The third-order valence-corrected chi connectivity index (χ3v) is 3.96. The van der Waals surface area contributed by atoms with Gasteiger partial charge in [0, 0.05) is 12.6 Å². The second kappa shape index (κ2) is 9.94. The Morgan fingerprint density at radius 2 is 1.82 bits per heavy atom. The molecule has 148 valence electrons. The zero-order valence-electron chi connectivity index (χ0n) is 14.6. The van der Waals surface area contributed by atoms with Gasteiger partial charge in [-0.3, -0.25) is 4.79 Å². The van der Waals surface area contributed by atoms with Crippen molar-refractivity contribution in [3.8, 4) is 0 Å². The molecule has 0 radical (unpaired) electrons. The topological polar surface area (TPSA) is 55.4 Å². The SMILES string of the molecule is O=C(COC(=O)/C=C/c1ccc(Cl)c(C(F)(F)F)c1)NCCc1ccccc1. The van der Waals surface area contributed by atoms with Crippen LogP contribution in [0.25, 0.3) is 6.08 Å². The van der Waals surface area contributed by atoms with Crippen LogP contribution in [0.4, 0.5) is 13.2 Å². The van der Waals surface area contributed by atoms with Gasteiger partial charge in [-0.1, -0.05) is 48.0 Å². The van der Waals surface area contributed by atoms with Crippen LogP contribution in [0.2, 0.25) is 5.02 Å². The molecule has 2 rings (SSSR count). The molecule has 0 aliphatic heterocycles. The van der Waals surface area contributed by atoms with Gasteiger partial charge >= 0.3 is 12.1 Å². The number of ether oxygens (including phenoxy) is 1. The van der Waals surface area contributed by atoms with Gasteiger partial charge in [0.25, 0.3) is 5.91 Å². The molecule has 0 unspecified atom stereocenters. The fourth-order valence-electron chi connectivity index (χ4n) is 2.25. The number of carbonyl (C=O) groups excluding carboxylic acids is 2. The fraction of sp³-hybridized carbons (Fsp3) is 0.200. The Hall–Kier alpha value is -2.80. The molecule has 0 atom stereocenters. The summed E-state index contributed by atoms with van der Waals surface area (Å²) in [5.41, 5.74) is 0.187. The number of alkyl halides is 3. The number of hydrogen-bond acceptors (Lipinski definition) is 3. The maximum Gasteiger partial charge on any atom is 0.417 e. The second-order valence-electron chi connectivity index (χ2n) is 5.76. The van der Waals surface area contributed by atoms with E-state index >= 15 is 0 Å². The summed E-state index contributed by atoms with van der Waals surface area (Å²) in [7, 11) is 0. The van der Waals surface area contributed by atoms with Crippen molar-refractivity contribution in [1.82, 2.24) is 5.32 Å². The van der Waals surface area contributed by atoms with E-state index in [1.54, 1.807) is 0 Å². The summed E-state index contributed by atoms with van der Waals surface area (Å²) in [6.45, 7) is -0.0897. The summed E-state index contributed by atoms with van der Waals surface area (Å²) < 4.78 is 43.2. The molecule has 1 N–H and O–H groups in total. The van der Waals surface area contributed by atoms with Crippen LogP contribution in [0.15, 0.2) is 54.6 Å². The highest BCUT2D eigenvalue weighted by atomic mass is 35.5. The van der Waals surface area contributed by atoms with Crippen molar-refractivity contribution in [2.45, 2.75) is 12.6 Å². The molecule has 0 heterocycles. The van der Waals surface area contributed by atoms with E-state index in [2.05, 4.69) is 5.32 Å². The van der Waals surface area contributed by atoms with Gasteiger partial charge in [-0.2, -0.15) is 13.2 Å². The lowest BCUT2D eigenvalue weighted by Gasteiger charge is -2.09. The summed E-state index contributed by atoms with van der Waals surface area (Å²) in [6.07, 6.45) is -1.86. The average molecular weight is 412 g/mol. The lowest BCUT2D eigenvalue weighted by Crippen LogP contribution is -2.30. The van der Waals surface area contributed by atoms with E-state index < -0.39 is 35.2 Å². The van der Waals surface area contributed by atoms with Crippen molar-refractivity contribution < 1.29 is 27.5 Å². The molecule has 2 aromatic carbocycles. The molecule has 2 aromatic rings. The minimum atomic E-state index is -4.60. The van der Waals surface area contributed by atoms with Gasteiger partial charge in [0.1, 0.15) is 0 Å².